The zero-order valence-corrected chi connectivity index (χ0v) is 10.3. The van der Waals surface area contributed by atoms with Crippen molar-refractivity contribution < 1.29 is 0 Å². The van der Waals surface area contributed by atoms with Crippen molar-refractivity contribution in [3.63, 3.8) is 0 Å². The van der Waals surface area contributed by atoms with Crippen LogP contribution in [0, 0.1) is 0 Å². The summed E-state index contributed by atoms with van der Waals surface area (Å²) in [5.74, 6) is 0. The van der Waals surface area contributed by atoms with E-state index in [4.69, 9.17) is 0 Å². The fourth-order valence-corrected chi connectivity index (χ4v) is 1.77. The van der Waals surface area contributed by atoms with Crippen LogP contribution < -0.4 is 10.9 Å². The molecule has 2 aromatic rings. The monoisotopic (exact) mass is 246 g/mol. The summed E-state index contributed by atoms with van der Waals surface area (Å²) in [6, 6.07) is 7.14. The van der Waals surface area contributed by atoms with Gasteiger partial charge in [-0.3, -0.25) is 9.48 Å². The van der Waals surface area contributed by atoms with Crippen LogP contribution in [0.15, 0.2) is 47.7 Å². The highest BCUT2D eigenvalue weighted by atomic mass is 16.1. The number of aryl methyl sites for hydroxylation is 1. The maximum absolute atomic E-state index is 11.4. The lowest BCUT2D eigenvalue weighted by Gasteiger charge is -2.07. The summed E-state index contributed by atoms with van der Waals surface area (Å²) in [5, 5.41) is 7.46. The maximum Gasteiger partial charge on any atom is 0.250 e. The molecule has 0 aliphatic carbocycles. The smallest absolute Gasteiger partial charge is 0.250 e. The molecule has 0 atom stereocenters. The number of pyridine rings is 1. The Balaban J connectivity index is 1.59. The number of nitrogens with zero attached hydrogens (tertiary/aromatic N) is 3. The molecule has 0 aliphatic heterocycles. The largest absolute Gasteiger partial charge is 0.315 e. The van der Waals surface area contributed by atoms with E-state index in [2.05, 4.69) is 10.4 Å². The van der Waals surface area contributed by atoms with Crippen molar-refractivity contribution in [2.45, 2.75) is 19.5 Å². The predicted molar refractivity (Wildman–Crippen MR) is 70.4 cm³/mol. The summed E-state index contributed by atoms with van der Waals surface area (Å²) < 4.78 is 3.63. The van der Waals surface area contributed by atoms with Gasteiger partial charge in [-0.2, -0.15) is 5.10 Å². The molecule has 96 valence electrons. The quantitative estimate of drug-likeness (QED) is 0.733. The first-order valence-corrected chi connectivity index (χ1v) is 6.20. The van der Waals surface area contributed by atoms with Crippen molar-refractivity contribution in [1.82, 2.24) is 19.7 Å². The maximum atomic E-state index is 11.4. The molecular weight excluding hydrogens is 228 g/mol. The van der Waals surface area contributed by atoms with Crippen LogP contribution in [-0.2, 0) is 13.1 Å². The van der Waals surface area contributed by atoms with Crippen LogP contribution in [0.2, 0.25) is 0 Å². The minimum Gasteiger partial charge on any atom is -0.315 e. The Morgan fingerprint density at radius 1 is 1.11 bits per heavy atom. The molecule has 0 saturated heterocycles. The second kappa shape index (κ2) is 6.76. The van der Waals surface area contributed by atoms with Gasteiger partial charge in [0.25, 0.3) is 5.56 Å². The van der Waals surface area contributed by atoms with E-state index in [-0.39, 0.29) is 5.56 Å². The summed E-state index contributed by atoms with van der Waals surface area (Å²) in [6.45, 7) is 3.37. The third-order valence-electron chi connectivity index (χ3n) is 2.73. The molecule has 0 aromatic carbocycles. The minimum absolute atomic E-state index is 0.0517. The highest BCUT2D eigenvalue weighted by Crippen LogP contribution is 1.88. The van der Waals surface area contributed by atoms with Gasteiger partial charge in [0, 0.05) is 44.3 Å². The molecule has 0 spiro atoms. The van der Waals surface area contributed by atoms with E-state index in [1.54, 1.807) is 22.9 Å². The molecule has 0 unspecified atom stereocenters. The van der Waals surface area contributed by atoms with Gasteiger partial charge in [-0.15, -0.1) is 0 Å². The molecule has 0 saturated carbocycles. The molecule has 5 heteroatoms. The van der Waals surface area contributed by atoms with Crippen molar-refractivity contribution in [3.8, 4) is 0 Å². The molecule has 0 radical (unpaired) electrons. The number of rotatable bonds is 7. The van der Waals surface area contributed by atoms with Crippen LogP contribution >= 0.6 is 0 Å². The Morgan fingerprint density at radius 2 is 2.06 bits per heavy atom. The van der Waals surface area contributed by atoms with Gasteiger partial charge in [0.1, 0.15) is 0 Å². The molecule has 0 amide bonds. The minimum atomic E-state index is 0.0517. The van der Waals surface area contributed by atoms with Gasteiger partial charge in [0.2, 0.25) is 0 Å². The van der Waals surface area contributed by atoms with Crippen molar-refractivity contribution in [2.75, 3.05) is 13.1 Å². The number of nitrogens with one attached hydrogen (secondary N) is 1. The first kappa shape index (κ1) is 12.6. The Bertz CT molecular complexity index is 504. The van der Waals surface area contributed by atoms with Crippen LogP contribution in [0.5, 0.6) is 0 Å². The van der Waals surface area contributed by atoms with E-state index in [0.29, 0.717) is 6.54 Å². The van der Waals surface area contributed by atoms with Crippen LogP contribution in [0.25, 0.3) is 0 Å². The van der Waals surface area contributed by atoms with Crippen LogP contribution in [0.1, 0.15) is 6.42 Å². The van der Waals surface area contributed by atoms with E-state index >= 15 is 0 Å². The van der Waals surface area contributed by atoms with Crippen molar-refractivity contribution in [1.29, 1.82) is 0 Å². The summed E-state index contributed by atoms with van der Waals surface area (Å²) >= 11 is 0. The Morgan fingerprint density at radius 3 is 2.83 bits per heavy atom. The molecule has 5 nitrogen and oxygen atoms in total. The summed E-state index contributed by atoms with van der Waals surface area (Å²) in [7, 11) is 0. The van der Waals surface area contributed by atoms with Gasteiger partial charge in [0.05, 0.1) is 0 Å². The lowest BCUT2D eigenvalue weighted by atomic mass is 10.4. The molecule has 2 rings (SSSR count). The van der Waals surface area contributed by atoms with E-state index in [0.717, 1.165) is 26.1 Å². The van der Waals surface area contributed by atoms with Gasteiger partial charge in [-0.25, -0.2) is 0 Å². The van der Waals surface area contributed by atoms with Gasteiger partial charge in [0.15, 0.2) is 0 Å². The topological polar surface area (TPSA) is 51.9 Å². The molecule has 2 aromatic heterocycles. The standard InChI is InChI=1S/C13H18N4O/c18-13-5-1-2-9-16(13)12-8-14-6-3-10-17-11-4-7-15-17/h1-2,4-5,7,9,11,14H,3,6,8,10,12H2. The number of aromatic nitrogens is 3. The molecule has 18 heavy (non-hydrogen) atoms. The summed E-state index contributed by atoms with van der Waals surface area (Å²) in [6.07, 6.45) is 6.60. The fraction of sp³-hybridized carbons (Fsp3) is 0.385. The second-order valence-electron chi connectivity index (χ2n) is 4.10. The van der Waals surface area contributed by atoms with E-state index in [1.807, 2.05) is 29.2 Å². The fourth-order valence-electron chi connectivity index (χ4n) is 1.77. The van der Waals surface area contributed by atoms with E-state index in [9.17, 15) is 4.79 Å². The van der Waals surface area contributed by atoms with Gasteiger partial charge in [-0.05, 0) is 25.1 Å². The average Bonchev–Trinajstić information content (AvgIpc) is 2.89. The molecule has 2 heterocycles. The number of hydrogen-bond donors (Lipinski definition) is 1. The van der Waals surface area contributed by atoms with Crippen LogP contribution in [0.4, 0.5) is 0 Å². The first-order chi connectivity index (χ1) is 8.86. The lowest BCUT2D eigenvalue weighted by molar-refractivity contribution is 0.523. The predicted octanol–water partition coefficient (Wildman–Crippen LogP) is 0.725. The summed E-state index contributed by atoms with van der Waals surface area (Å²) in [4.78, 5) is 11.4. The SMILES string of the molecule is O=c1ccccn1CCNCCCn1cccn1. The molecule has 0 aliphatic rings. The van der Waals surface area contributed by atoms with Crippen molar-refractivity contribution in [3.05, 3.63) is 53.2 Å². The van der Waals surface area contributed by atoms with Gasteiger partial charge in [-0.1, -0.05) is 6.07 Å². The third-order valence-corrected chi connectivity index (χ3v) is 2.73. The van der Waals surface area contributed by atoms with Gasteiger partial charge < -0.3 is 9.88 Å². The molecule has 1 N–H and O–H groups in total. The van der Waals surface area contributed by atoms with Crippen molar-refractivity contribution in [2.24, 2.45) is 0 Å². The van der Waals surface area contributed by atoms with Crippen LogP contribution in [-0.4, -0.2) is 27.4 Å². The van der Waals surface area contributed by atoms with Gasteiger partial charge >= 0.3 is 0 Å². The molecular formula is C13H18N4O. The molecule has 0 bridgehead atoms. The Hall–Kier alpha value is -1.88. The van der Waals surface area contributed by atoms with Crippen molar-refractivity contribution >= 4 is 0 Å². The zero-order chi connectivity index (χ0) is 12.6. The third kappa shape index (κ3) is 3.85. The lowest BCUT2D eigenvalue weighted by Crippen LogP contribution is -2.27. The second-order valence-corrected chi connectivity index (χ2v) is 4.10. The average molecular weight is 246 g/mol. The Labute approximate surface area is 106 Å². The van der Waals surface area contributed by atoms with Crippen LogP contribution in [0.3, 0.4) is 0 Å². The highest BCUT2D eigenvalue weighted by Gasteiger charge is 1.94. The van der Waals surface area contributed by atoms with E-state index in [1.165, 1.54) is 0 Å². The normalized spacial score (nSPS) is 10.7. The summed E-state index contributed by atoms with van der Waals surface area (Å²) in [5.41, 5.74) is 0.0517. The Kier molecular flexibility index (Phi) is 4.72. The number of hydrogen-bond acceptors (Lipinski definition) is 3. The zero-order valence-electron chi connectivity index (χ0n) is 10.3. The van der Waals surface area contributed by atoms with E-state index < -0.39 is 0 Å². The molecule has 0 fully saturated rings. The first-order valence-electron chi connectivity index (χ1n) is 6.20. The highest BCUT2D eigenvalue weighted by molar-refractivity contribution is 4.93.